The topological polar surface area (TPSA) is 50.7 Å². The Balaban J connectivity index is 1.46. The SMILES string of the molecule is OC(COCCC1CCCCN1)COCc1ccccc1. The van der Waals surface area contributed by atoms with E-state index in [0.717, 1.165) is 18.5 Å². The van der Waals surface area contributed by atoms with Gasteiger partial charge in [-0.3, -0.25) is 0 Å². The normalized spacial score (nSPS) is 20.3. The van der Waals surface area contributed by atoms with Gasteiger partial charge in [-0.1, -0.05) is 36.8 Å². The second kappa shape index (κ2) is 9.90. The summed E-state index contributed by atoms with van der Waals surface area (Å²) in [4.78, 5) is 0. The van der Waals surface area contributed by atoms with Gasteiger partial charge >= 0.3 is 0 Å². The first-order valence-electron chi connectivity index (χ1n) is 7.95. The average molecular weight is 293 g/mol. The fourth-order valence-electron chi connectivity index (χ4n) is 2.55. The van der Waals surface area contributed by atoms with E-state index in [2.05, 4.69) is 5.32 Å². The number of hydrogen-bond acceptors (Lipinski definition) is 4. The standard InChI is InChI=1S/C17H27NO3/c19-17(14-21-12-15-6-2-1-3-7-15)13-20-11-9-16-8-4-5-10-18-16/h1-3,6-7,16-19H,4-5,8-14H2. The number of nitrogens with one attached hydrogen (secondary N) is 1. The smallest absolute Gasteiger partial charge is 0.101 e. The van der Waals surface area contributed by atoms with Crippen LogP contribution in [-0.4, -0.2) is 43.6 Å². The molecule has 0 bridgehead atoms. The Morgan fingerprint density at radius 3 is 2.71 bits per heavy atom. The molecule has 1 heterocycles. The maximum atomic E-state index is 9.80. The summed E-state index contributed by atoms with van der Waals surface area (Å²) < 4.78 is 11.0. The van der Waals surface area contributed by atoms with E-state index in [1.165, 1.54) is 19.3 Å². The van der Waals surface area contributed by atoms with Crippen molar-refractivity contribution in [2.45, 2.75) is 44.4 Å². The zero-order chi connectivity index (χ0) is 14.8. The molecule has 0 spiro atoms. The molecule has 1 saturated heterocycles. The van der Waals surface area contributed by atoms with Crippen LogP contribution in [0.25, 0.3) is 0 Å². The van der Waals surface area contributed by atoms with Crippen LogP contribution in [0.1, 0.15) is 31.2 Å². The van der Waals surface area contributed by atoms with E-state index >= 15 is 0 Å². The molecular formula is C17H27NO3. The van der Waals surface area contributed by atoms with Crippen molar-refractivity contribution in [1.29, 1.82) is 0 Å². The highest BCUT2D eigenvalue weighted by atomic mass is 16.5. The third-order valence-electron chi connectivity index (χ3n) is 3.76. The summed E-state index contributed by atoms with van der Waals surface area (Å²) >= 11 is 0. The molecule has 4 nitrogen and oxygen atoms in total. The van der Waals surface area contributed by atoms with Crippen molar-refractivity contribution in [1.82, 2.24) is 5.32 Å². The molecule has 4 heteroatoms. The van der Waals surface area contributed by atoms with E-state index in [-0.39, 0.29) is 0 Å². The molecule has 2 unspecified atom stereocenters. The first kappa shape index (κ1) is 16.4. The van der Waals surface area contributed by atoms with Gasteiger partial charge in [0.1, 0.15) is 6.10 Å². The Kier molecular flexibility index (Phi) is 7.75. The molecule has 0 radical (unpaired) electrons. The van der Waals surface area contributed by atoms with Crippen molar-refractivity contribution in [2.24, 2.45) is 0 Å². The lowest BCUT2D eigenvalue weighted by molar-refractivity contribution is -0.0250. The molecule has 0 aliphatic carbocycles. The van der Waals surface area contributed by atoms with Crippen LogP contribution < -0.4 is 5.32 Å². The average Bonchev–Trinajstić information content (AvgIpc) is 2.54. The number of hydrogen-bond donors (Lipinski definition) is 2. The van der Waals surface area contributed by atoms with Gasteiger partial charge < -0.3 is 19.9 Å². The molecule has 1 fully saturated rings. The highest BCUT2D eigenvalue weighted by Gasteiger charge is 2.12. The van der Waals surface area contributed by atoms with Crippen LogP contribution in [0.3, 0.4) is 0 Å². The molecule has 1 aromatic rings. The lowest BCUT2D eigenvalue weighted by atomic mass is 10.0. The van der Waals surface area contributed by atoms with Crippen LogP contribution in [0.5, 0.6) is 0 Å². The fourth-order valence-corrected chi connectivity index (χ4v) is 2.55. The van der Waals surface area contributed by atoms with Crippen molar-refractivity contribution in [3.63, 3.8) is 0 Å². The zero-order valence-electron chi connectivity index (χ0n) is 12.7. The minimum atomic E-state index is -0.548. The van der Waals surface area contributed by atoms with Gasteiger partial charge in [0.15, 0.2) is 0 Å². The Hall–Kier alpha value is -0.940. The number of aliphatic hydroxyl groups excluding tert-OH is 1. The number of aliphatic hydroxyl groups is 1. The predicted octanol–water partition coefficient (Wildman–Crippen LogP) is 2.11. The first-order chi connectivity index (χ1) is 10.3. The maximum absolute atomic E-state index is 9.80. The monoisotopic (exact) mass is 293 g/mol. The van der Waals surface area contributed by atoms with Crippen LogP contribution in [0.15, 0.2) is 30.3 Å². The van der Waals surface area contributed by atoms with E-state index < -0.39 is 6.10 Å². The molecule has 0 amide bonds. The first-order valence-corrected chi connectivity index (χ1v) is 7.95. The molecule has 1 aliphatic heterocycles. The Bertz CT molecular complexity index is 366. The van der Waals surface area contributed by atoms with Crippen molar-refractivity contribution < 1.29 is 14.6 Å². The summed E-state index contributed by atoms with van der Waals surface area (Å²) in [5.41, 5.74) is 1.12. The Morgan fingerprint density at radius 1 is 1.14 bits per heavy atom. The fraction of sp³-hybridized carbons (Fsp3) is 0.647. The molecular weight excluding hydrogens is 266 g/mol. The number of benzene rings is 1. The molecule has 21 heavy (non-hydrogen) atoms. The van der Waals surface area contributed by atoms with Gasteiger partial charge in [-0.15, -0.1) is 0 Å². The zero-order valence-corrected chi connectivity index (χ0v) is 12.7. The molecule has 2 rings (SSSR count). The van der Waals surface area contributed by atoms with E-state index in [1.807, 2.05) is 30.3 Å². The lowest BCUT2D eigenvalue weighted by Gasteiger charge is -2.23. The van der Waals surface area contributed by atoms with E-state index in [0.29, 0.717) is 32.5 Å². The number of ether oxygens (including phenoxy) is 2. The van der Waals surface area contributed by atoms with Gasteiger partial charge in [0.05, 0.1) is 19.8 Å². The minimum Gasteiger partial charge on any atom is -0.388 e. The Morgan fingerprint density at radius 2 is 1.95 bits per heavy atom. The summed E-state index contributed by atoms with van der Waals surface area (Å²) in [7, 11) is 0. The highest BCUT2D eigenvalue weighted by molar-refractivity contribution is 5.13. The van der Waals surface area contributed by atoms with Crippen LogP contribution in [-0.2, 0) is 16.1 Å². The molecule has 0 saturated carbocycles. The van der Waals surface area contributed by atoms with Crippen molar-refractivity contribution in [2.75, 3.05) is 26.4 Å². The molecule has 1 aromatic carbocycles. The molecule has 1 aliphatic rings. The lowest BCUT2D eigenvalue weighted by Crippen LogP contribution is -2.35. The van der Waals surface area contributed by atoms with Crippen LogP contribution in [0.4, 0.5) is 0 Å². The summed E-state index contributed by atoms with van der Waals surface area (Å²) in [6.45, 7) is 3.02. The predicted molar refractivity (Wildman–Crippen MR) is 83.2 cm³/mol. The molecule has 0 aromatic heterocycles. The van der Waals surface area contributed by atoms with Gasteiger partial charge in [0, 0.05) is 12.6 Å². The van der Waals surface area contributed by atoms with Crippen molar-refractivity contribution in [3.05, 3.63) is 35.9 Å². The summed E-state index contributed by atoms with van der Waals surface area (Å²) in [6, 6.07) is 10.6. The van der Waals surface area contributed by atoms with Gasteiger partial charge in [-0.05, 0) is 31.4 Å². The second-order valence-electron chi connectivity index (χ2n) is 5.66. The summed E-state index contributed by atoms with van der Waals surface area (Å²) in [6.07, 6.45) is 4.32. The third-order valence-corrected chi connectivity index (χ3v) is 3.76. The molecule has 118 valence electrons. The maximum Gasteiger partial charge on any atom is 0.101 e. The minimum absolute atomic E-state index is 0.316. The van der Waals surface area contributed by atoms with Crippen LogP contribution in [0.2, 0.25) is 0 Å². The van der Waals surface area contributed by atoms with Crippen LogP contribution in [0, 0.1) is 0 Å². The van der Waals surface area contributed by atoms with E-state index in [9.17, 15) is 5.11 Å². The molecule has 2 N–H and O–H groups in total. The van der Waals surface area contributed by atoms with Crippen molar-refractivity contribution in [3.8, 4) is 0 Å². The van der Waals surface area contributed by atoms with E-state index in [1.54, 1.807) is 0 Å². The highest BCUT2D eigenvalue weighted by Crippen LogP contribution is 2.10. The van der Waals surface area contributed by atoms with Gasteiger partial charge in [-0.2, -0.15) is 0 Å². The quantitative estimate of drug-likeness (QED) is 0.685. The largest absolute Gasteiger partial charge is 0.388 e. The second-order valence-corrected chi connectivity index (χ2v) is 5.66. The van der Waals surface area contributed by atoms with E-state index in [4.69, 9.17) is 9.47 Å². The Labute approximate surface area is 127 Å². The van der Waals surface area contributed by atoms with Gasteiger partial charge in [0.2, 0.25) is 0 Å². The summed E-state index contributed by atoms with van der Waals surface area (Å²) in [5, 5.41) is 13.3. The summed E-state index contributed by atoms with van der Waals surface area (Å²) in [5.74, 6) is 0. The number of piperidine rings is 1. The van der Waals surface area contributed by atoms with Gasteiger partial charge in [0.25, 0.3) is 0 Å². The van der Waals surface area contributed by atoms with Crippen molar-refractivity contribution >= 4 is 0 Å². The molecule has 2 atom stereocenters. The third kappa shape index (κ3) is 7.05. The van der Waals surface area contributed by atoms with Crippen LogP contribution >= 0.6 is 0 Å². The van der Waals surface area contributed by atoms with Gasteiger partial charge in [-0.25, -0.2) is 0 Å². The number of rotatable bonds is 9.